The third kappa shape index (κ3) is 2.53. The summed E-state index contributed by atoms with van der Waals surface area (Å²) in [5, 5.41) is 10.2. The first-order chi connectivity index (χ1) is 9.78. The molecule has 5 heteroatoms. The summed E-state index contributed by atoms with van der Waals surface area (Å²) in [5.74, 6) is -1.25. The van der Waals surface area contributed by atoms with Crippen molar-refractivity contribution in [3.8, 4) is 5.69 Å². The molecule has 1 aliphatic carbocycles. The van der Waals surface area contributed by atoms with Crippen molar-refractivity contribution in [2.75, 3.05) is 0 Å². The average Bonchev–Trinajstić information content (AvgIpc) is 2.70. The second kappa shape index (κ2) is 4.92. The van der Waals surface area contributed by atoms with Gasteiger partial charge in [-0.3, -0.25) is 0 Å². The number of benzene rings is 1. The van der Waals surface area contributed by atoms with Gasteiger partial charge in [0.2, 0.25) is 0 Å². The first kappa shape index (κ1) is 14.7. The van der Waals surface area contributed by atoms with Crippen molar-refractivity contribution in [2.24, 2.45) is 5.41 Å². The van der Waals surface area contributed by atoms with Crippen LogP contribution in [0.25, 0.3) is 5.69 Å². The summed E-state index contributed by atoms with van der Waals surface area (Å²) in [6.07, 6.45) is 2.35. The highest BCUT2D eigenvalue weighted by molar-refractivity contribution is 9.10. The molecule has 0 fully saturated rings. The van der Waals surface area contributed by atoms with Gasteiger partial charge in [-0.15, -0.1) is 0 Å². The number of halogens is 3. The summed E-state index contributed by atoms with van der Waals surface area (Å²) in [6.45, 7) is 4.09. The van der Waals surface area contributed by atoms with E-state index in [1.165, 1.54) is 16.7 Å². The van der Waals surface area contributed by atoms with Crippen LogP contribution in [0.5, 0.6) is 0 Å². The lowest BCUT2D eigenvalue weighted by molar-refractivity contribution is 0.0986. The summed E-state index contributed by atoms with van der Waals surface area (Å²) >= 11 is 3.08. The van der Waals surface area contributed by atoms with E-state index in [2.05, 4.69) is 15.9 Å². The zero-order valence-corrected chi connectivity index (χ0v) is 13.4. The van der Waals surface area contributed by atoms with Crippen LogP contribution in [-0.4, -0.2) is 9.67 Å². The Morgan fingerprint density at radius 2 is 1.90 bits per heavy atom. The van der Waals surface area contributed by atoms with E-state index in [0.29, 0.717) is 17.3 Å². The highest BCUT2D eigenvalue weighted by Crippen LogP contribution is 2.42. The maximum absolute atomic E-state index is 14.2. The van der Waals surface area contributed by atoms with Crippen LogP contribution in [0.15, 0.2) is 28.9 Å². The highest BCUT2D eigenvalue weighted by Gasteiger charge is 2.34. The SMILES string of the molecule is CC1(C)Cc2c(ccn2-c2c(F)cc(Br)cc2F)C(O)C1. The minimum Gasteiger partial charge on any atom is -0.388 e. The van der Waals surface area contributed by atoms with Crippen LogP contribution in [0, 0.1) is 17.0 Å². The normalized spacial score (nSPS) is 20.4. The largest absolute Gasteiger partial charge is 0.388 e. The van der Waals surface area contributed by atoms with Crippen LogP contribution in [-0.2, 0) is 6.42 Å². The quantitative estimate of drug-likeness (QED) is 0.798. The second-order valence-electron chi connectivity index (χ2n) is 6.37. The van der Waals surface area contributed by atoms with Crippen molar-refractivity contribution in [2.45, 2.75) is 32.8 Å². The molecule has 1 atom stereocenters. The van der Waals surface area contributed by atoms with Gasteiger partial charge in [0.05, 0.1) is 6.10 Å². The lowest BCUT2D eigenvalue weighted by Gasteiger charge is -2.34. The van der Waals surface area contributed by atoms with Gasteiger partial charge >= 0.3 is 0 Å². The Labute approximate surface area is 130 Å². The molecule has 0 spiro atoms. The second-order valence-corrected chi connectivity index (χ2v) is 7.28. The molecule has 0 bridgehead atoms. The Morgan fingerprint density at radius 3 is 2.52 bits per heavy atom. The van der Waals surface area contributed by atoms with Gasteiger partial charge in [0, 0.05) is 21.9 Å². The molecule has 1 aromatic carbocycles. The first-order valence-corrected chi connectivity index (χ1v) is 7.61. The van der Waals surface area contributed by atoms with E-state index in [4.69, 9.17) is 0 Å². The predicted molar refractivity (Wildman–Crippen MR) is 80.4 cm³/mol. The molecule has 112 valence electrons. The molecule has 0 radical (unpaired) electrons. The minimum atomic E-state index is -0.627. The molecule has 2 nitrogen and oxygen atoms in total. The fourth-order valence-corrected chi connectivity index (χ4v) is 3.51. The van der Waals surface area contributed by atoms with Crippen LogP contribution in [0.4, 0.5) is 8.78 Å². The Bertz CT molecular complexity index is 685. The van der Waals surface area contributed by atoms with Crippen molar-refractivity contribution in [1.29, 1.82) is 0 Å². The van der Waals surface area contributed by atoms with E-state index < -0.39 is 17.7 Å². The highest BCUT2D eigenvalue weighted by atomic mass is 79.9. The van der Waals surface area contributed by atoms with E-state index in [1.54, 1.807) is 12.3 Å². The standard InChI is InChI=1S/C16H16BrF2NO/c1-16(2)7-13-10(14(21)8-16)3-4-20(13)15-11(18)5-9(17)6-12(15)19/h3-6,14,21H,7-8H2,1-2H3. The topological polar surface area (TPSA) is 25.2 Å². The number of hydrogen-bond donors (Lipinski definition) is 1. The fraction of sp³-hybridized carbons (Fsp3) is 0.375. The van der Waals surface area contributed by atoms with Crippen LogP contribution in [0.1, 0.15) is 37.6 Å². The average molecular weight is 356 g/mol. The minimum absolute atomic E-state index is 0.0932. The van der Waals surface area contributed by atoms with Gasteiger partial charge < -0.3 is 9.67 Å². The summed E-state index contributed by atoms with van der Waals surface area (Å²) < 4.78 is 30.2. The number of rotatable bonds is 1. The van der Waals surface area contributed by atoms with Gasteiger partial charge in [-0.05, 0) is 36.5 Å². The number of nitrogens with zero attached hydrogens (tertiary/aromatic N) is 1. The molecule has 1 aliphatic rings. The predicted octanol–water partition coefficient (Wildman–Crippen LogP) is 4.52. The summed E-state index contributed by atoms with van der Waals surface area (Å²) in [7, 11) is 0. The van der Waals surface area contributed by atoms with Crippen LogP contribution >= 0.6 is 15.9 Å². The number of aliphatic hydroxyl groups is 1. The van der Waals surface area contributed by atoms with Crippen LogP contribution < -0.4 is 0 Å². The van der Waals surface area contributed by atoms with Gasteiger partial charge in [0.15, 0.2) is 11.6 Å². The third-order valence-corrected chi connectivity index (χ3v) is 4.46. The molecule has 1 aromatic heterocycles. The Balaban J connectivity index is 2.19. The molecular weight excluding hydrogens is 340 g/mol. The summed E-state index contributed by atoms with van der Waals surface area (Å²) in [4.78, 5) is 0. The number of aromatic nitrogens is 1. The Morgan fingerprint density at radius 1 is 1.29 bits per heavy atom. The van der Waals surface area contributed by atoms with E-state index in [0.717, 1.165) is 11.3 Å². The van der Waals surface area contributed by atoms with E-state index in [9.17, 15) is 13.9 Å². The van der Waals surface area contributed by atoms with E-state index in [1.807, 2.05) is 13.8 Å². The summed E-state index contributed by atoms with van der Waals surface area (Å²) in [5.41, 5.74) is 1.34. The van der Waals surface area contributed by atoms with Gasteiger partial charge in [-0.25, -0.2) is 8.78 Å². The van der Waals surface area contributed by atoms with E-state index >= 15 is 0 Å². The maximum Gasteiger partial charge on any atom is 0.151 e. The van der Waals surface area contributed by atoms with Gasteiger partial charge in [-0.2, -0.15) is 0 Å². The molecule has 1 N–H and O–H groups in total. The monoisotopic (exact) mass is 355 g/mol. The van der Waals surface area contributed by atoms with Gasteiger partial charge in [0.1, 0.15) is 5.69 Å². The number of aliphatic hydroxyl groups excluding tert-OH is 1. The lowest BCUT2D eigenvalue weighted by Crippen LogP contribution is -2.26. The van der Waals surface area contributed by atoms with Crippen LogP contribution in [0.3, 0.4) is 0 Å². The van der Waals surface area contributed by atoms with Gasteiger partial charge in [0.25, 0.3) is 0 Å². The first-order valence-electron chi connectivity index (χ1n) is 6.81. The molecule has 21 heavy (non-hydrogen) atoms. The van der Waals surface area contributed by atoms with Crippen molar-refractivity contribution >= 4 is 15.9 Å². The Hall–Kier alpha value is -1.20. The van der Waals surface area contributed by atoms with E-state index in [-0.39, 0.29) is 11.1 Å². The molecule has 2 aromatic rings. The zero-order valence-electron chi connectivity index (χ0n) is 11.8. The molecule has 3 rings (SSSR count). The lowest BCUT2D eigenvalue weighted by atomic mass is 9.75. The molecule has 1 unspecified atom stereocenters. The molecule has 0 amide bonds. The molecule has 0 saturated heterocycles. The van der Waals surface area contributed by atoms with Crippen molar-refractivity contribution < 1.29 is 13.9 Å². The Kier molecular flexibility index (Phi) is 3.45. The van der Waals surface area contributed by atoms with Crippen molar-refractivity contribution in [3.63, 3.8) is 0 Å². The molecule has 0 aliphatic heterocycles. The van der Waals surface area contributed by atoms with Crippen LogP contribution in [0.2, 0.25) is 0 Å². The van der Waals surface area contributed by atoms with Crippen molar-refractivity contribution in [1.82, 2.24) is 4.57 Å². The maximum atomic E-state index is 14.2. The van der Waals surface area contributed by atoms with Crippen molar-refractivity contribution in [3.05, 3.63) is 51.8 Å². The zero-order chi connectivity index (χ0) is 15.4. The molecule has 1 heterocycles. The third-order valence-electron chi connectivity index (χ3n) is 4.00. The smallest absolute Gasteiger partial charge is 0.151 e. The molecular formula is C16H16BrF2NO. The number of fused-ring (bicyclic) bond motifs is 1. The van der Waals surface area contributed by atoms with Gasteiger partial charge in [-0.1, -0.05) is 29.8 Å². The molecule has 0 saturated carbocycles. The fourth-order valence-electron chi connectivity index (χ4n) is 3.10. The summed E-state index contributed by atoms with van der Waals surface area (Å²) in [6, 6.07) is 4.24. The number of hydrogen-bond acceptors (Lipinski definition) is 1.